The molecule has 514 valence electrons. The van der Waals surface area contributed by atoms with Gasteiger partial charge in [-0.15, -0.1) is 0 Å². The van der Waals surface area contributed by atoms with Gasteiger partial charge in [-0.1, -0.05) is 49.6 Å². The van der Waals surface area contributed by atoms with E-state index in [9.17, 15) is 46.8 Å². The molecule has 2 atom stereocenters. The van der Waals surface area contributed by atoms with Crippen LogP contribution in [0.4, 0.5) is 0 Å². The van der Waals surface area contributed by atoms with Crippen molar-refractivity contribution in [1.82, 2.24) is 46.4 Å². The highest BCUT2D eigenvalue weighted by Gasteiger charge is 2.48. The molecule has 92 heavy (non-hydrogen) atoms. The number of nitrogens with zero attached hydrogens (tertiary/aromatic N) is 4. The SMILES string of the molecule is COCCOCCOCCOCCOCCOCCOCCOCCC(=O)N1CCC2(CC1)CN(CCCCCC(=O)NCC(=O)NCC(=O)N[C@@H](Cc1ccccc1)C(=O)NCC(=O)NCO[C@@H](CC(=O)O)C1CC1)C(=O)c1cnc(S(=O)(=O)C3CCCC3)nc12. The second kappa shape index (κ2) is 41.4. The second-order valence-corrected chi connectivity index (χ2v) is 25.2. The second-order valence-electron chi connectivity index (χ2n) is 23.1. The van der Waals surface area contributed by atoms with E-state index in [4.69, 9.17) is 52.7 Å². The molecule has 6 N–H and O–H groups in total. The Kier molecular flexibility index (Phi) is 33.6. The first-order valence-electron chi connectivity index (χ1n) is 32.0. The quantitative estimate of drug-likeness (QED) is 0.0301. The van der Waals surface area contributed by atoms with Gasteiger partial charge < -0.3 is 84.1 Å². The van der Waals surface area contributed by atoms with Crippen LogP contribution in [-0.2, 0) is 97.9 Å². The number of carboxylic acids is 1. The van der Waals surface area contributed by atoms with E-state index in [0.29, 0.717) is 168 Å². The van der Waals surface area contributed by atoms with Crippen molar-refractivity contribution < 1.29 is 94.5 Å². The summed E-state index contributed by atoms with van der Waals surface area (Å²) in [4.78, 5) is 116. The number of benzene rings is 1. The van der Waals surface area contributed by atoms with E-state index in [1.807, 2.05) is 0 Å². The number of sulfone groups is 1. The Morgan fingerprint density at radius 1 is 0.663 bits per heavy atom. The van der Waals surface area contributed by atoms with Crippen LogP contribution in [0.15, 0.2) is 41.7 Å². The fraction of sp³-hybridized carbons (Fsp3) is 0.710. The number of fused-ring (bicyclic) bond motifs is 2. The van der Waals surface area contributed by atoms with E-state index in [1.54, 1.807) is 47.2 Å². The Morgan fingerprint density at radius 2 is 1.22 bits per heavy atom. The Morgan fingerprint density at radius 3 is 1.80 bits per heavy atom. The first-order chi connectivity index (χ1) is 44.6. The van der Waals surface area contributed by atoms with Crippen molar-refractivity contribution in [2.75, 3.05) is 159 Å². The molecule has 1 aromatic heterocycles. The first-order valence-corrected chi connectivity index (χ1v) is 33.6. The maximum Gasteiger partial charge on any atom is 0.305 e. The van der Waals surface area contributed by atoms with Gasteiger partial charge in [-0.25, -0.2) is 18.4 Å². The average Bonchev–Trinajstić information content (AvgIpc) is 0.742. The minimum absolute atomic E-state index is 0.0696. The highest BCUT2D eigenvalue weighted by Crippen LogP contribution is 2.42. The summed E-state index contributed by atoms with van der Waals surface area (Å²) in [6.45, 7) is 6.08. The Bertz CT molecular complexity index is 2730. The van der Waals surface area contributed by atoms with E-state index in [-0.39, 0.29) is 74.0 Å². The number of aromatic nitrogens is 2. The van der Waals surface area contributed by atoms with Gasteiger partial charge in [0.1, 0.15) is 12.8 Å². The van der Waals surface area contributed by atoms with E-state index in [0.717, 1.165) is 25.7 Å². The number of piperidine rings is 1. The summed E-state index contributed by atoms with van der Waals surface area (Å²) < 4.78 is 76.6. The maximum absolute atomic E-state index is 14.1. The highest BCUT2D eigenvalue weighted by atomic mass is 32.2. The smallest absolute Gasteiger partial charge is 0.305 e. The van der Waals surface area contributed by atoms with Crippen molar-refractivity contribution in [2.24, 2.45) is 5.92 Å². The summed E-state index contributed by atoms with van der Waals surface area (Å²) in [5, 5.41) is 20.9. The number of hydrogen-bond donors (Lipinski definition) is 6. The van der Waals surface area contributed by atoms with Crippen LogP contribution in [0.5, 0.6) is 0 Å². The number of carboxylic acid groups (broad SMARTS) is 1. The summed E-state index contributed by atoms with van der Waals surface area (Å²) in [5.41, 5.74) is 0.597. The summed E-state index contributed by atoms with van der Waals surface area (Å²) >= 11 is 0. The van der Waals surface area contributed by atoms with Gasteiger partial charge in [0, 0.05) is 57.7 Å². The van der Waals surface area contributed by atoms with Gasteiger partial charge in [0.2, 0.25) is 50.4 Å². The predicted molar refractivity (Wildman–Crippen MR) is 330 cm³/mol. The lowest BCUT2D eigenvalue weighted by molar-refractivity contribution is -0.141. The first kappa shape index (κ1) is 74.7. The number of methoxy groups -OCH3 is 1. The van der Waals surface area contributed by atoms with Gasteiger partial charge in [-0.3, -0.25) is 38.4 Å². The van der Waals surface area contributed by atoms with Gasteiger partial charge in [0.05, 0.1) is 154 Å². The lowest BCUT2D eigenvalue weighted by Crippen LogP contribution is -2.56. The zero-order valence-corrected chi connectivity index (χ0v) is 53.9. The van der Waals surface area contributed by atoms with Crippen molar-refractivity contribution in [3.8, 4) is 0 Å². The molecular formula is C62H95N9O20S. The van der Waals surface area contributed by atoms with Gasteiger partial charge in [0.25, 0.3) is 5.91 Å². The molecule has 0 radical (unpaired) electrons. The minimum atomic E-state index is -3.85. The molecule has 0 unspecified atom stereocenters. The summed E-state index contributed by atoms with van der Waals surface area (Å²) in [5.74, 6) is -4.30. The standard InChI is InChI=1S/C62H95N9O20S/c1-83-24-25-85-28-29-87-32-33-89-36-37-90-35-34-88-31-30-86-27-26-84-23-17-56(76)70-21-18-62(19-22-70)44-71(60(80)49-40-66-61(69-58(49)62)92(81,82)48-12-7-8-13-48)20-9-3-6-14-52(72)63-41-53(73)64-43-55(75)68-50(38-46-10-4-2-5-11-46)59(79)65-42-54(74)67-45-91-51(39-57(77)78)47-15-16-47/h2,4-5,10-11,40,47-48,50-51H,3,6-9,12-39,41-45H2,1H3,(H,63,72)(H,64,73)(H,65,79)(H,67,74)(H,68,75)(H,77,78)/t50-,51-/m0/s1. The largest absolute Gasteiger partial charge is 0.481 e. The average molecular weight is 1320 g/mol. The molecule has 1 aromatic carbocycles. The number of hydrogen-bond acceptors (Lipinski definition) is 21. The van der Waals surface area contributed by atoms with Crippen LogP contribution in [0, 0.1) is 5.92 Å². The molecule has 2 aromatic rings. The molecule has 2 saturated carbocycles. The molecular weight excluding hydrogens is 1220 g/mol. The highest BCUT2D eigenvalue weighted by molar-refractivity contribution is 7.91. The van der Waals surface area contributed by atoms with Crippen molar-refractivity contribution in [3.05, 3.63) is 53.3 Å². The zero-order valence-electron chi connectivity index (χ0n) is 53.0. The summed E-state index contributed by atoms with van der Waals surface area (Å²) in [7, 11) is -2.22. The van der Waals surface area contributed by atoms with Crippen LogP contribution in [0.1, 0.15) is 112 Å². The molecule has 7 amide bonds. The van der Waals surface area contributed by atoms with Crippen LogP contribution in [0.3, 0.4) is 0 Å². The lowest BCUT2D eigenvalue weighted by Gasteiger charge is -2.47. The number of carbonyl (C=O) groups is 8. The van der Waals surface area contributed by atoms with Crippen LogP contribution in [0.25, 0.3) is 0 Å². The molecule has 1 spiro atoms. The molecule has 3 heterocycles. The third-order valence-corrected chi connectivity index (χ3v) is 18.2. The predicted octanol–water partition coefficient (Wildman–Crippen LogP) is 0.642. The van der Waals surface area contributed by atoms with E-state index >= 15 is 0 Å². The molecule has 2 aliphatic carbocycles. The molecule has 0 bridgehead atoms. The molecule has 6 rings (SSSR count). The third-order valence-electron chi connectivity index (χ3n) is 16.1. The van der Waals surface area contributed by atoms with Crippen LogP contribution >= 0.6 is 0 Å². The zero-order chi connectivity index (χ0) is 65.8. The fourth-order valence-electron chi connectivity index (χ4n) is 10.9. The van der Waals surface area contributed by atoms with Gasteiger partial charge in [-0.05, 0) is 62.8 Å². The molecule has 2 aliphatic heterocycles. The minimum Gasteiger partial charge on any atom is -0.481 e. The summed E-state index contributed by atoms with van der Waals surface area (Å²) in [6.07, 6.45) is 7.64. The maximum atomic E-state index is 14.1. The van der Waals surface area contributed by atoms with Gasteiger partial charge >= 0.3 is 5.97 Å². The van der Waals surface area contributed by atoms with Gasteiger partial charge in [-0.2, -0.15) is 0 Å². The summed E-state index contributed by atoms with van der Waals surface area (Å²) in [6, 6.07) is 7.72. The van der Waals surface area contributed by atoms with Gasteiger partial charge in [0.15, 0.2) is 0 Å². The molecule has 29 nitrogen and oxygen atoms in total. The van der Waals surface area contributed by atoms with E-state index in [1.165, 1.54) is 6.20 Å². The molecule has 3 fully saturated rings. The number of aliphatic carboxylic acids is 1. The molecule has 30 heteroatoms. The van der Waals surface area contributed by atoms with Crippen LogP contribution in [-0.4, -0.2) is 257 Å². The Balaban J connectivity index is 0.856. The van der Waals surface area contributed by atoms with E-state index in [2.05, 4.69) is 31.6 Å². The number of rotatable bonds is 48. The topological polar surface area (TPSA) is 366 Å². The van der Waals surface area contributed by atoms with Crippen LogP contribution in [0.2, 0.25) is 0 Å². The third kappa shape index (κ3) is 26.9. The number of carbonyl (C=O) groups excluding carboxylic acids is 7. The van der Waals surface area contributed by atoms with E-state index < -0.39 is 87.8 Å². The lowest BCUT2D eigenvalue weighted by atomic mass is 9.71. The number of ether oxygens (including phenoxy) is 9. The monoisotopic (exact) mass is 1320 g/mol. The number of unbranched alkanes of at least 4 members (excludes halogenated alkanes) is 2. The van der Waals surface area contributed by atoms with Crippen molar-refractivity contribution in [2.45, 2.75) is 124 Å². The number of likely N-dealkylation sites (tertiary alicyclic amines) is 1. The Labute approximate surface area is 538 Å². The number of amides is 7. The number of nitrogens with one attached hydrogen (secondary N) is 5. The fourth-order valence-corrected chi connectivity index (χ4v) is 12.6. The van der Waals surface area contributed by atoms with Crippen molar-refractivity contribution >= 4 is 57.2 Å². The molecule has 4 aliphatic rings. The molecule has 1 saturated heterocycles. The van der Waals surface area contributed by atoms with Crippen molar-refractivity contribution in [1.29, 1.82) is 0 Å². The van der Waals surface area contributed by atoms with Crippen molar-refractivity contribution in [3.63, 3.8) is 0 Å². The van der Waals surface area contributed by atoms with Crippen LogP contribution < -0.4 is 26.6 Å². The normalized spacial score (nSPS) is 16.2. The Hall–Kier alpha value is -6.35.